The lowest BCUT2D eigenvalue weighted by atomic mass is 10.1. The van der Waals surface area contributed by atoms with Crippen LogP contribution in [0.5, 0.6) is 5.75 Å². The Morgan fingerprint density at radius 1 is 1.11 bits per heavy atom. The van der Waals surface area contributed by atoms with Gasteiger partial charge in [0.05, 0.1) is 5.57 Å². The molecule has 0 unspecified atom stereocenters. The van der Waals surface area contributed by atoms with Crippen molar-refractivity contribution in [3.05, 3.63) is 47.8 Å². The van der Waals surface area contributed by atoms with Crippen LogP contribution < -0.4 is 4.74 Å². The number of benzene rings is 1. The summed E-state index contributed by atoms with van der Waals surface area (Å²) < 4.78 is 5.79. The Kier molecular flexibility index (Phi) is 7.78. The summed E-state index contributed by atoms with van der Waals surface area (Å²) >= 11 is 0. The van der Waals surface area contributed by atoms with Gasteiger partial charge in [-0.05, 0) is 19.1 Å². The van der Waals surface area contributed by atoms with E-state index >= 15 is 0 Å². The van der Waals surface area contributed by atoms with Crippen LogP contribution in [-0.2, 0) is 9.59 Å². The van der Waals surface area contributed by atoms with Crippen molar-refractivity contribution < 1.29 is 14.3 Å². The highest BCUT2D eigenvalue weighted by Crippen LogP contribution is 2.21. The van der Waals surface area contributed by atoms with E-state index in [4.69, 9.17) is 4.74 Å². The van der Waals surface area contributed by atoms with Gasteiger partial charge in [0.1, 0.15) is 11.6 Å². The van der Waals surface area contributed by atoms with Crippen LogP contribution in [0.1, 0.15) is 19.4 Å². The number of carbonyl (C=O) groups is 2. The number of hydrogen-bond acceptors (Lipinski definition) is 5. The van der Waals surface area contributed by atoms with Gasteiger partial charge in [0, 0.05) is 53.4 Å². The number of hydrogen-bond donors (Lipinski definition) is 0. The number of rotatable bonds is 7. The Labute approximate surface area is 161 Å². The molecule has 1 rings (SSSR count). The second-order valence-electron chi connectivity index (χ2n) is 6.47. The fourth-order valence-electron chi connectivity index (χ4n) is 2.25. The first-order chi connectivity index (χ1) is 12.6. The van der Waals surface area contributed by atoms with Crippen LogP contribution in [-0.4, -0.2) is 68.2 Å². The molecule has 0 saturated heterocycles. The molecule has 0 aliphatic rings. The van der Waals surface area contributed by atoms with Gasteiger partial charge in [-0.15, -0.1) is 0 Å². The normalized spacial score (nSPS) is 12.0. The molecule has 27 heavy (non-hydrogen) atoms. The SMILES string of the molecule is C=C(c1cccc(O/C(C)=N/C(=C(\C)C(=O)N(C)C)N(C)C=O)c1)N(C)C. The summed E-state index contributed by atoms with van der Waals surface area (Å²) in [6, 6.07) is 7.46. The molecule has 0 fully saturated rings. The van der Waals surface area contributed by atoms with E-state index < -0.39 is 0 Å². The molecule has 0 aromatic heterocycles. The van der Waals surface area contributed by atoms with Crippen molar-refractivity contribution in [3.8, 4) is 5.75 Å². The van der Waals surface area contributed by atoms with Gasteiger partial charge in [-0.2, -0.15) is 4.99 Å². The number of amides is 2. The first kappa shape index (κ1) is 22.0. The van der Waals surface area contributed by atoms with Crippen molar-refractivity contribution in [1.29, 1.82) is 0 Å². The highest BCUT2D eigenvalue weighted by atomic mass is 16.5. The van der Waals surface area contributed by atoms with Gasteiger partial charge in [0.2, 0.25) is 6.41 Å². The van der Waals surface area contributed by atoms with Gasteiger partial charge >= 0.3 is 0 Å². The molecular weight excluding hydrogens is 344 g/mol. The van der Waals surface area contributed by atoms with Crippen LogP contribution in [0.25, 0.3) is 5.70 Å². The second kappa shape index (κ2) is 9.56. The molecule has 0 spiro atoms. The number of carbonyl (C=O) groups excluding carboxylic acids is 2. The molecule has 0 aliphatic carbocycles. The lowest BCUT2D eigenvalue weighted by Crippen LogP contribution is -2.27. The predicted octanol–water partition coefficient (Wildman–Crippen LogP) is 2.42. The number of likely N-dealkylation sites (N-methyl/N-ethyl adjacent to an activating group) is 1. The van der Waals surface area contributed by atoms with Gasteiger partial charge < -0.3 is 19.4 Å². The van der Waals surface area contributed by atoms with Crippen molar-refractivity contribution in [2.45, 2.75) is 13.8 Å². The average Bonchev–Trinajstić information content (AvgIpc) is 2.63. The van der Waals surface area contributed by atoms with Crippen molar-refractivity contribution in [1.82, 2.24) is 14.7 Å². The highest BCUT2D eigenvalue weighted by Gasteiger charge is 2.16. The molecule has 0 aliphatic heterocycles. The molecule has 7 heteroatoms. The van der Waals surface area contributed by atoms with E-state index in [1.807, 2.05) is 37.2 Å². The molecule has 1 aromatic rings. The first-order valence-corrected chi connectivity index (χ1v) is 8.39. The topological polar surface area (TPSA) is 65.5 Å². The summed E-state index contributed by atoms with van der Waals surface area (Å²) in [6.07, 6.45) is 0.597. The molecule has 7 nitrogen and oxygen atoms in total. The zero-order valence-electron chi connectivity index (χ0n) is 17.1. The minimum atomic E-state index is -0.237. The lowest BCUT2D eigenvalue weighted by molar-refractivity contribution is -0.124. The Balaban J connectivity index is 3.19. The molecule has 2 amide bonds. The van der Waals surface area contributed by atoms with Gasteiger partial charge in [0.15, 0.2) is 5.90 Å². The fraction of sp³-hybridized carbons (Fsp3) is 0.350. The Bertz CT molecular complexity index is 779. The minimum absolute atomic E-state index is 0.232. The van der Waals surface area contributed by atoms with Gasteiger partial charge in [0.25, 0.3) is 5.91 Å². The summed E-state index contributed by atoms with van der Waals surface area (Å²) in [5.41, 5.74) is 2.11. The molecule has 0 N–H and O–H groups in total. The van der Waals surface area contributed by atoms with E-state index in [0.717, 1.165) is 11.3 Å². The predicted molar refractivity (Wildman–Crippen MR) is 108 cm³/mol. The average molecular weight is 372 g/mol. The smallest absolute Gasteiger partial charge is 0.252 e. The van der Waals surface area contributed by atoms with Crippen LogP contribution in [0.2, 0.25) is 0 Å². The molecule has 0 bridgehead atoms. The molecule has 0 radical (unpaired) electrons. The van der Waals surface area contributed by atoms with Crippen molar-refractivity contribution in [2.24, 2.45) is 4.99 Å². The fourth-order valence-corrected chi connectivity index (χ4v) is 2.25. The Hall–Kier alpha value is -3.09. The third kappa shape index (κ3) is 5.99. The summed E-state index contributed by atoms with van der Waals surface area (Å²) in [6.45, 7) is 7.32. The van der Waals surface area contributed by atoms with E-state index in [0.29, 0.717) is 23.6 Å². The molecule has 0 heterocycles. The minimum Gasteiger partial charge on any atom is -0.443 e. The Morgan fingerprint density at radius 3 is 2.26 bits per heavy atom. The van der Waals surface area contributed by atoms with Crippen LogP contribution in [0, 0.1) is 0 Å². The van der Waals surface area contributed by atoms with Crippen molar-refractivity contribution in [2.75, 3.05) is 35.2 Å². The standard InChI is InChI=1S/C20H28N4O3/c1-14(20(26)23(6)7)19(24(8)13-25)21-16(3)27-18-11-9-10-17(12-18)15(2)22(4)5/h9-13H,2H2,1,3-8H3/b19-14-,21-16+. The van der Waals surface area contributed by atoms with Gasteiger partial charge in [-0.1, -0.05) is 18.7 Å². The van der Waals surface area contributed by atoms with Gasteiger partial charge in [-0.3, -0.25) is 9.59 Å². The van der Waals surface area contributed by atoms with Crippen LogP contribution >= 0.6 is 0 Å². The van der Waals surface area contributed by atoms with Crippen molar-refractivity contribution >= 4 is 23.9 Å². The lowest BCUT2D eigenvalue weighted by Gasteiger charge is -2.18. The molecule has 146 valence electrons. The summed E-state index contributed by atoms with van der Waals surface area (Å²) in [4.78, 5) is 32.4. The largest absolute Gasteiger partial charge is 0.443 e. The molecular formula is C20H28N4O3. The number of ether oxygens (including phenoxy) is 1. The summed E-state index contributed by atoms with van der Waals surface area (Å²) in [5, 5.41) is 0. The van der Waals surface area contributed by atoms with E-state index in [-0.39, 0.29) is 11.7 Å². The maximum atomic E-state index is 12.2. The van der Waals surface area contributed by atoms with Crippen LogP contribution in [0.15, 0.2) is 47.2 Å². The maximum absolute atomic E-state index is 12.2. The second-order valence-corrected chi connectivity index (χ2v) is 6.47. The quantitative estimate of drug-likeness (QED) is 0.319. The summed E-state index contributed by atoms with van der Waals surface area (Å²) in [7, 11) is 8.65. The van der Waals surface area contributed by atoms with Crippen LogP contribution in [0.4, 0.5) is 0 Å². The first-order valence-electron chi connectivity index (χ1n) is 8.39. The molecule has 0 saturated carbocycles. The monoisotopic (exact) mass is 372 g/mol. The van der Waals surface area contributed by atoms with Crippen LogP contribution in [0.3, 0.4) is 0 Å². The third-order valence-electron chi connectivity index (χ3n) is 3.79. The molecule has 1 aromatic carbocycles. The highest BCUT2D eigenvalue weighted by molar-refractivity contribution is 5.94. The third-order valence-corrected chi connectivity index (χ3v) is 3.79. The summed E-state index contributed by atoms with van der Waals surface area (Å²) in [5.74, 6) is 0.883. The van der Waals surface area contributed by atoms with Gasteiger partial charge in [-0.25, -0.2) is 0 Å². The Morgan fingerprint density at radius 2 is 1.74 bits per heavy atom. The number of nitrogens with zero attached hydrogens (tertiary/aromatic N) is 4. The van der Waals surface area contributed by atoms with E-state index in [1.165, 1.54) is 16.8 Å². The van der Waals surface area contributed by atoms with E-state index in [1.54, 1.807) is 34.0 Å². The zero-order valence-corrected chi connectivity index (χ0v) is 17.1. The van der Waals surface area contributed by atoms with E-state index in [9.17, 15) is 9.59 Å². The van der Waals surface area contributed by atoms with E-state index in [2.05, 4.69) is 11.6 Å². The zero-order chi connectivity index (χ0) is 20.7. The molecule has 0 atom stereocenters. The van der Waals surface area contributed by atoms with Crippen molar-refractivity contribution in [3.63, 3.8) is 0 Å². The maximum Gasteiger partial charge on any atom is 0.252 e. The number of aliphatic imine (C=N–C) groups is 1.